The number of hydrogen-bond donors (Lipinski definition) is 0. The summed E-state index contributed by atoms with van der Waals surface area (Å²) in [4.78, 5) is 0. The van der Waals surface area contributed by atoms with E-state index in [0.717, 1.165) is 11.5 Å². The Morgan fingerprint density at radius 1 is 0.750 bits per heavy atom. The highest BCUT2D eigenvalue weighted by Crippen LogP contribution is 2.27. The van der Waals surface area contributed by atoms with Gasteiger partial charge in [-0.05, 0) is 49.4 Å². The fourth-order valence-corrected chi connectivity index (χ4v) is 2.39. The second kappa shape index (κ2) is 10.3. The molecule has 0 spiro atoms. The van der Waals surface area contributed by atoms with Crippen molar-refractivity contribution in [3.05, 3.63) is 52.5 Å². The Labute approximate surface area is 152 Å². The molecule has 2 aromatic rings. The predicted octanol–water partition coefficient (Wildman–Crippen LogP) is 4.87. The molecule has 0 aliphatic carbocycles. The molecule has 0 radical (unpaired) electrons. The van der Waals surface area contributed by atoms with Crippen molar-refractivity contribution in [2.45, 2.75) is 6.92 Å². The van der Waals surface area contributed by atoms with E-state index in [1.807, 2.05) is 31.2 Å². The first kappa shape index (κ1) is 18.7. The van der Waals surface area contributed by atoms with Crippen LogP contribution in [0.25, 0.3) is 0 Å². The highest BCUT2D eigenvalue weighted by atomic mass is 35.5. The second-order valence-corrected chi connectivity index (χ2v) is 5.63. The molecule has 0 fully saturated rings. The first-order chi connectivity index (χ1) is 11.7. The summed E-state index contributed by atoms with van der Waals surface area (Å²) in [5, 5.41) is 1.07. The zero-order chi connectivity index (χ0) is 17.2. The molecule has 0 aliphatic heterocycles. The molecular weight excluding hydrogens is 351 g/mol. The van der Waals surface area contributed by atoms with Gasteiger partial charge in [0.1, 0.15) is 30.5 Å². The van der Waals surface area contributed by atoms with E-state index >= 15 is 0 Å². The van der Waals surface area contributed by atoms with Gasteiger partial charge in [0, 0.05) is 5.02 Å². The monoisotopic (exact) mass is 370 g/mol. The summed E-state index contributed by atoms with van der Waals surface area (Å²) in [6.45, 7) is 4.40. The summed E-state index contributed by atoms with van der Waals surface area (Å²) in [5.41, 5.74) is 0. The average Bonchev–Trinajstić information content (AvgIpc) is 2.57. The number of benzene rings is 2. The molecule has 0 bridgehead atoms. The van der Waals surface area contributed by atoms with E-state index in [0.29, 0.717) is 48.8 Å². The van der Waals surface area contributed by atoms with Crippen molar-refractivity contribution in [3.8, 4) is 17.2 Å². The molecule has 2 rings (SSSR count). The SMILES string of the molecule is CCOc1ccc(OCCOCCOc2ccc(Cl)cc2Cl)cc1. The van der Waals surface area contributed by atoms with Crippen LogP contribution in [0.15, 0.2) is 42.5 Å². The Morgan fingerprint density at radius 2 is 1.38 bits per heavy atom. The molecule has 0 atom stereocenters. The van der Waals surface area contributed by atoms with Crippen molar-refractivity contribution in [2.24, 2.45) is 0 Å². The zero-order valence-corrected chi connectivity index (χ0v) is 15.0. The summed E-state index contributed by atoms with van der Waals surface area (Å²) < 4.78 is 21.9. The number of ether oxygens (including phenoxy) is 4. The minimum atomic E-state index is 0.407. The van der Waals surface area contributed by atoms with E-state index < -0.39 is 0 Å². The van der Waals surface area contributed by atoms with Crippen LogP contribution in [0.3, 0.4) is 0 Å². The van der Waals surface area contributed by atoms with Crippen molar-refractivity contribution >= 4 is 23.2 Å². The molecule has 0 unspecified atom stereocenters. The van der Waals surface area contributed by atoms with Crippen molar-refractivity contribution in [3.63, 3.8) is 0 Å². The highest BCUT2D eigenvalue weighted by Gasteiger charge is 2.02. The quantitative estimate of drug-likeness (QED) is 0.559. The van der Waals surface area contributed by atoms with E-state index in [1.165, 1.54) is 0 Å². The van der Waals surface area contributed by atoms with Crippen LogP contribution in [0.4, 0.5) is 0 Å². The Morgan fingerprint density at radius 3 is 2.00 bits per heavy atom. The topological polar surface area (TPSA) is 36.9 Å². The van der Waals surface area contributed by atoms with Crippen molar-refractivity contribution in [1.29, 1.82) is 0 Å². The number of halogens is 2. The molecule has 0 aromatic heterocycles. The van der Waals surface area contributed by atoms with E-state index in [2.05, 4.69) is 0 Å². The molecule has 2 aromatic carbocycles. The standard InChI is InChI=1S/C18H20Cl2O4/c1-2-22-15-4-6-16(7-5-15)23-11-9-21-10-12-24-18-8-3-14(19)13-17(18)20/h3-8,13H,2,9-12H2,1H3. The molecule has 6 heteroatoms. The van der Waals surface area contributed by atoms with Gasteiger partial charge in [-0.2, -0.15) is 0 Å². The minimum absolute atomic E-state index is 0.407. The van der Waals surface area contributed by atoms with Crippen LogP contribution < -0.4 is 14.2 Å². The van der Waals surface area contributed by atoms with Crippen LogP contribution in [0.5, 0.6) is 17.2 Å². The maximum absolute atomic E-state index is 6.01. The van der Waals surface area contributed by atoms with Gasteiger partial charge in [0.05, 0.1) is 24.8 Å². The Bertz CT molecular complexity index is 617. The van der Waals surface area contributed by atoms with Crippen LogP contribution in [-0.4, -0.2) is 33.0 Å². The van der Waals surface area contributed by atoms with Gasteiger partial charge in [0.15, 0.2) is 0 Å². The van der Waals surface area contributed by atoms with Crippen molar-refractivity contribution in [1.82, 2.24) is 0 Å². The van der Waals surface area contributed by atoms with Gasteiger partial charge in [-0.3, -0.25) is 0 Å². The summed E-state index contributed by atoms with van der Waals surface area (Å²) in [6.07, 6.45) is 0. The zero-order valence-electron chi connectivity index (χ0n) is 13.5. The van der Waals surface area contributed by atoms with Gasteiger partial charge < -0.3 is 18.9 Å². The summed E-state index contributed by atoms with van der Waals surface area (Å²) in [5.74, 6) is 2.21. The first-order valence-corrected chi connectivity index (χ1v) is 8.46. The van der Waals surface area contributed by atoms with Crippen molar-refractivity contribution < 1.29 is 18.9 Å². The predicted molar refractivity (Wildman–Crippen MR) is 95.9 cm³/mol. The van der Waals surface area contributed by atoms with Gasteiger partial charge in [-0.25, -0.2) is 0 Å². The third-order valence-corrected chi connectivity index (χ3v) is 3.54. The molecule has 0 aliphatic rings. The molecule has 0 amide bonds. The lowest BCUT2D eigenvalue weighted by Crippen LogP contribution is -2.12. The van der Waals surface area contributed by atoms with Gasteiger partial charge in [-0.1, -0.05) is 23.2 Å². The largest absolute Gasteiger partial charge is 0.494 e. The lowest BCUT2D eigenvalue weighted by atomic mass is 10.3. The summed E-state index contributed by atoms with van der Waals surface area (Å²) >= 11 is 11.8. The lowest BCUT2D eigenvalue weighted by Gasteiger charge is -2.10. The van der Waals surface area contributed by atoms with Gasteiger partial charge in [0.25, 0.3) is 0 Å². The molecule has 0 saturated carbocycles. The lowest BCUT2D eigenvalue weighted by molar-refractivity contribution is 0.0764. The average molecular weight is 371 g/mol. The number of rotatable bonds is 10. The van der Waals surface area contributed by atoms with Gasteiger partial charge in [0.2, 0.25) is 0 Å². The highest BCUT2D eigenvalue weighted by molar-refractivity contribution is 6.35. The third kappa shape index (κ3) is 6.48. The molecule has 0 N–H and O–H groups in total. The Balaban J connectivity index is 1.56. The van der Waals surface area contributed by atoms with E-state index in [4.69, 9.17) is 42.1 Å². The summed E-state index contributed by atoms with van der Waals surface area (Å²) in [6, 6.07) is 12.6. The molecule has 130 valence electrons. The third-order valence-electron chi connectivity index (χ3n) is 3.01. The maximum Gasteiger partial charge on any atom is 0.138 e. The Hall–Kier alpha value is -1.62. The minimum Gasteiger partial charge on any atom is -0.494 e. The smallest absolute Gasteiger partial charge is 0.138 e. The first-order valence-electron chi connectivity index (χ1n) is 7.70. The van der Waals surface area contributed by atoms with E-state index in [9.17, 15) is 0 Å². The molecule has 0 saturated heterocycles. The number of hydrogen-bond acceptors (Lipinski definition) is 4. The fourth-order valence-electron chi connectivity index (χ4n) is 1.92. The fraction of sp³-hybridized carbons (Fsp3) is 0.333. The molecular formula is C18H20Cl2O4. The van der Waals surface area contributed by atoms with Crippen LogP contribution in [0.2, 0.25) is 10.0 Å². The van der Waals surface area contributed by atoms with E-state index in [1.54, 1.807) is 18.2 Å². The maximum atomic E-state index is 6.01. The second-order valence-electron chi connectivity index (χ2n) is 4.79. The molecule has 0 heterocycles. The van der Waals surface area contributed by atoms with Crippen LogP contribution in [0.1, 0.15) is 6.92 Å². The molecule has 4 nitrogen and oxygen atoms in total. The normalized spacial score (nSPS) is 10.5. The summed E-state index contributed by atoms with van der Waals surface area (Å²) in [7, 11) is 0. The van der Waals surface area contributed by atoms with Crippen LogP contribution in [0, 0.1) is 0 Å². The van der Waals surface area contributed by atoms with Gasteiger partial charge in [-0.15, -0.1) is 0 Å². The van der Waals surface area contributed by atoms with Crippen LogP contribution in [-0.2, 0) is 4.74 Å². The van der Waals surface area contributed by atoms with Crippen molar-refractivity contribution in [2.75, 3.05) is 33.0 Å². The van der Waals surface area contributed by atoms with E-state index in [-0.39, 0.29) is 0 Å². The Kier molecular flexibility index (Phi) is 8.02. The van der Waals surface area contributed by atoms with Gasteiger partial charge >= 0.3 is 0 Å². The van der Waals surface area contributed by atoms with Crippen LogP contribution >= 0.6 is 23.2 Å². The molecule has 24 heavy (non-hydrogen) atoms.